The maximum atomic E-state index is 5.74. The molecule has 1 fully saturated rings. The zero-order valence-electron chi connectivity index (χ0n) is 9.94. The molecule has 2 N–H and O–H groups in total. The molecule has 0 saturated carbocycles. The topological polar surface area (TPSA) is 51.4 Å². The molecule has 1 aromatic heterocycles. The number of hydrogen-bond donors (Lipinski definition) is 1. The van der Waals surface area contributed by atoms with Crippen LogP contribution in [0.2, 0.25) is 0 Å². The second kappa shape index (κ2) is 4.80. The van der Waals surface area contributed by atoms with Gasteiger partial charge >= 0.3 is 0 Å². The molecule has 1 unspecified atom stereocenters. The fourth-order valence-corrected chi connectivity index (χ4v) is 2.08. The molecule has 1 atom stereocenters. The molecule has 4 heteroatoms. The molecule has 1 saturated heterocycles. The fraction of sp³-hybridized carbons (Fsp3) is 0.583. The van der Waals surface area contributed by atoms with Crippen molar-refractivity contribution in [3.05, 3.63) is 23.5 Å². The number of nitrogens with zero attached hydrogens (tertiary/aromatic N) is 2. The second-order valence-corrected chi connectivity index (χ2v) is 4.29. The molecular formula is C12H19N3O. The summed E-state index contributed by atoms with van der Waals surface area (Å²) in [6, 6.07) is 2.56. The van der Waals surface area contributed by atoms with E-state index in [1.54, 1.807) is 0 Å². The van der Waals surface area contributed by atoms with E-state index in [1.807, 2.05) is 13.1 Å². The number of hydrogen-bond acceptors (Lipinski definition) is 4. The minimum atomic E-state index is 0.465. The van der Waals surface area contributed by atoms with Crippen molar-refractivity contribution in [1.82, 2.24) is 4.98 Å². The Labute approximate surface area is 96.4 Å². The summed E-state index contributed by atoms with van der Waals surface area (Å²) in [4.78, 5) is 6.55. The molecule has 1 aliphatic heterocycles. The third-order valence-corrected chi connectivity index (χ3v) is 3.15. The van der Waals surface area contributed by atoms with Crippen LogP contribution >= 0.6 is 0 Å². The highest BCUT2D eigenvalue weighted by atomic mass is 16.5. The average Bonchev–Trinajstić information content (AvgIpc) is 2.81. The van der Waals surface area contributed by atoms with E-state index < -0.39 is 0 Å². The maximum absolute atomic E-state index is 5.74. The van der Waals surface area contributed by atoms with Gasteiger partial charge in [-0.05, 0) is 19.4 Å². The predicted octanol–water partition coefficient (Wildman–Crippen LogP) is 1.07. The Hall–Kier alpha value is -1.13. The SMILES string of the molecule is Cc1cc(N(C)C2CCOC2)c(CN)cn1. The van der Waals surface area contributed by atoms with Crippen molar-refractivity contribution in [1.29, 1.82) is 0 Å². The molecule has 0 spiro atoms. The van der Waals surface area contributed by atoms with E-state index >= 15 is 0 Å². The summed E-state index contributed by atoms with van der Waals surface area (Å²) in [6.07, 6.45) is 2.96. The highest BCUT2D eigenvalue weighted by Gasteiger charge is 2.22. The van der Waals surface area contributed by atoms with Crippen LogP contribution in [0, 0.1) is 6.92 Å². The molecule has 0 radical (unpaired) electrons. The van der Waals surface area contributed by atoms with Crippen molar-refractivity contribution < 1.29 is 4.74 Å². The lowest BCUT2D eigenvalue weighted by Gasteiger charge is -2.27. The van der Waals surface area contributed by atoms with Gasteiger partial charge in [-0.3, -0.25) is 4.98 Å². The lowest BCUT2D eigenvalue weighted by atomic mass is 10.1. The van der Waals surface area contributed by atoms with Crippen molar-refractivity contribution in [2.45, 2.75) is 25.9 Å². The summed E-state index contributed by atoms with van der Waals surface area (Å²) in [7, 11) is 2.10. The molecule has 0 aliphatic carbocycles. The van der Waals surface area contributed by atoms with Crippen LogP contribution in [0.1, 0.15) is 17.7 Å². The Balaban J connectivity index is 2.26. The van der Waals surface area contributed by atoms with Crippen molar-refractivity contribution in [3.63, 3.8) is 0 Å². The molecule has 1 aliphatic rings. The Morgan fingerprint density at radius 1 is 1.62 bits per heavy atom. The first-order chi connectivity index (χ1) is 7.72. The maximum Gasteiger partial charge on any atom is 0.0670 e. The van der Waals surface area contributed by atoms with Crippen LogP contribution in [0.25, 0.3) is 0 Å². The molecule has 88 valence electrons. The van der Waals surface area contributed by atoms with Gasteiger partial charge in [0.1, 0.15) is 0 Å². The molecule has 1 aromatic rings. The van der Waals surface area contributed by atoms with E-state index in [1.165, 1.54) is 5.69 Å². The Morgan fingerprint density at radius 2 is 2.44 bits per heavy atom. The monoisotopic (exact) mass is 221 g/mol. The van der Waals surface area contributed by atoms with Crippen LogP contribution < -0.4 is 10.6 Å². The van der Waals surface area contributed by atoms with Crippen molar-refractivity contribution in [3.8, 4) is 0 Å². The van der Waals surface area contributed by atoms with Crippen LogP contribution in [0.4, 0.5) is 5.69 Å². The number of anilines is 1. The first kappa shape index (κ1) is 11.4. The van der Waals surface area contributed by atoms with Crippen molar-refractivity contribution in [2.75, 3.05) is 25.2 Å². The number of aryl methyl sites for hydroxylation is 1. The largest absolute Gasteiger partial charge is 0.379 e. The van der Waals surface area contributed by atoms with Gasteiger partial charge in [0.2, 0.25) is 0 Å². The number of aromatic nitrogens is 1. The van der Waals surface area contributed by atoms with Gasteiger partial charge in [0, 0.05) is 43.3 Å². The predicted molar refractivity (Wildman–Crippen MR) is 64.5 cm³/mol. The minimum Gasteiger partial charge on any atom is -0.379 e. The standard InChI is InChI=1S/C12H19N3O/c1-9-5-12(10(6-13)7-14-9)15(2)11-3-4-16-8-11/h5,7,11H,3-4,6,8,13H2,1-2H3. The van der Waals surface area contributed by atoms with E-state index in [0.29, 0.717) is 12.6 Å². The summed E-state index contributed by atoms with van der Waals surface area (Å²) in [5.41, 5.74) is 9.05. The molecule has 0 amide bonds. The Morgan fingerprint density at radius 3 is 3.06 bits per heavy atom. The van der Waals surface area contributed by atoms with Crippen LogP contribution in [0.5, 0.6) is 0 Å². The van der Waals surface area contributed by atoms with Gasteiger partial charge in [-0.25, -0.2) is 0 Å². The number of nitrogens with two attached hydrogens (primary N) is 1. The van der Waals surface area contributed by atoms with E-state index in [-0.39, 0.29) is 0 Å². The van der Waals surface area contributed by atoms with Crippen LogP contribution in [0.15, 0.2) is 12.3 Å². The van der Waals surface area contributed by atoms with Crippen LogP contribution in [-0.4, -0.2) is 31.3 Å². The summed E-state index contributed by atoms with van der Waals surface area (Å²) in [5, 5.41) is 0. The van der Waals surface area contributed by atoms with Gasteiger partial charge in [-0.1, -0.05) is 0 Å². The Bertz CT molecular complexity index is 361. The van der Waals surface area contributed by atoms with Gasteiger partial charge in [0.05, 0.1) is 12.6 Å². The lowest BCUT2D eigenvalue weighted by molar-refractivity contribution is 0.193. The summed E-state index contributed by atoms with van der Waals surface area (Å²) in [5.74, 6) is 0. The normalized spacial score (nSPS) is 20.1. The number of ether oxygens (including phenoxy) is 1. The van der Waals surface area contributed by atoms with Gasteiger partial charge in [0.15, 0.2) is 0 Å². The third kappa shape index (κ3) is 2.18. The van der Waals surface area contributed by atoms with Crippen molar-refractivity contribution in [2.24, 2.45) is 5.73 Å². The van der Waals surface area contributed by atoms with E-state index in [4.69, 9.17) is 10.5 Å². The number of pyridine rings is 1. The molecule has 0 bridgehead atoms. The lowest BCUT2D eigenvalue weighted by Crippen LogP contribution is -2.32. The molecule has 16 heavy (non-hydrogen) atoms. The second-order valence-electron chi connectivity index (χ2n) is 4.29. The highest BCUT2D eigenvalue weighted by molar-refractivity contribution is 5.54. The van der Waals surface area contributed by atoms with E-state index in [0.717, 1.165) is 30.9 Å². The van der Waals surface area contributed by atoms with Gasteiger partial charge in [-0.15, -0.1) is 0 Å². The van der Waals surface area contributed by atoms with Crippen LogP contribution in [0.3, 0.4) is 0 Å². The smallest absolute Gasteiger partial charge is 0.0670 e. The Kier molecular flexibility index (Phi) is 3.41. The molecule has 2 heterocycles. The number of likely N-dealkylation sites (N-methyl/N-ethyl adjacent to an activating group) is 1. The van der Waals surface area contributed by atoms with Gasteiger partial charge < -0.3 is 15.4 Å². The fourth-order valence-electron chi connectivity index (χ4n) is 2.08. The summed E-state index contributed by atoms with van der Waals surface area (Å²) in [6.45, 7) is 4.20. The summed E-state index contributed by atoms with van der Waals surface area (Å²) < 4.78 is 5.41. The zero-order chi connectivity index (χ0) is 11.5. The molecule has 2 rings (SSSR count). The highest BCUT2D eigenvalue weighted by Crippen LogP contribution is 2.24. The first-order valence-corrected chi connectivity index (χ1v) is 5.68. The summed E-state index contributed by atoms with van der Waals surface area (Å²) >= 11 is 0. The number of rotatable bonds is 3. The van der Waals surface area contributed by atoms with E-state index in [2.05, 4.69) is 23.0 Å². The molecular weight excluding hydrogens is 202 g/mol. The molecule has 0 aromatic carbocycles. The minimum absolute atomic E-state index is 0.465. The first-order valence-electron chi connectivity index (χ1n) is 5.68. The van der Waals surface area contributed by atoms with Crippen molar-refractivity contribution >= 4 is 5.69 Å². The third-order valence-electron chi connectivity index (χ3n) is 3.15. The quantitative estimate of drug-likeness (QED) is 0.829. The average molecular weight is 221 g/mol. The van der Waals surface area contributed by atoms with Gasteiger partial charge in [-0.2, -0.15) is 0 Å². The van der Waals surface area contributed by atoms with E-state index in [9.17, 15) is 0 Å². The molecule has 4 nitrogen and oxygen atoms in total. The van der Waals surface area contributed by atoms with Gasteiger partial charge in [0.25, 0.3) is 0 Å². The van der Waals surface area contributed by atoms with Crippen LogP contribution in [-0.2, 0) is 11.3 Å². The zero-order valence-corrected chi connectivity index (χ0v) is 9.94.